The molecule has 0 heterocycles. The average molecular weight is 167 g/mol. The first-order valence-corrected chi connectivity index (χ1v) is 5.65. The van der Waals surface area contributed by atoms with E-state index in [0.717, 1.165) is 24.4 Å². The van der Waals surface area contributed by atoms with E-state index in [4.69, 9.17) is 0 Å². The summed E-state index contributed by atoms with van der Waals surface area (Å²) in [6.07, 6.45) is 8.95. The van der Waals surface area contributed by atoms with E-state index in [1.54, 1.807) is 0 Å². The van der Waals surface area contributed by atoms with Crippen molar-refractivity contribution >= 4 is 0 Å². The van der Waals surface area contributed by atoms with Crippen molar-refractivity contribution in [1.29, 1.82) is 0 Å². The van der Waals surface area contributed by atoms with E-state index in [2.05, 4.69) is 12.2 Å². The molecule has 0 amide bonds. The Morgan fingerprint density at radius 2 is 1.58 bits per heavy atom. The predicted octanol–water partition coefficient (Wildman–Crippen LogP) is 2.56. The summed E-state index contributed by atoms with van der Waals surface area (Å²) in [5.41, 5.74) is 0. The molecular weight excluding hydrogens is 146 g/mol. The van der Waals surface area contributed by atoms with Crippen LogP contribution in [-0.2, 0) is 0 Å². The van der Waals surface area contributed by atoms with Gasteiger partial charge in [-0.25, -0.2) is 0 Å². The molecule has 0 atom stereocenters. The van der Waals surface area contributed by atoms with E-state index in [1.807, 2.05) is 0 Å². The van der Waals surface area contributed by atoms with Gasteiger partial charge in [0.1, 0.15) is 0 Å². The third kappa shape index (κ3) is 1.52. The van der Waals surface area contributed by atoms with Gasteiger partial charge < -0.3 is 5.32 Å². The Morgan fingerprint density at radius 3 is 1.83 bits per heavy atom. The highest BCUT2D eigenvalue weighted by atomic mass is 14.9. The Balaban J connectivity index is 1.82. The molecule has 2 aliphatic carbocycles. The molecule has 0 saturated heterocycles. The van der Waals surface area contributed by atoms with Gasteiger partial charge in [0.2, 0.25) is 0 Å². The summed E-state index contributed by atoms with van der Waals surface area (Å²) in [6.45, 7) is 3.40. The summed E-state index contributed by atoms with van der Waals surface area (Å²) in [7, 11) is 0. The van der Waals surface area contributed by atoms with E-state index in [9.17, 15) is 0 Å². The fourth-order valence-corrected chi connectivity index (χ4v) is 2.55. The van der Waals surface area contributed by atoms with Crippen LogP contribution in [0.15, 0.2) is 0 Å². The van der Waals surface area contributed by atoms with Crippen molar-refractivity contribution < 1.29 is 0 Å². The molecule has 0 unspecified atom stereocenters. The van der Waals surface area contributed by atoms with E-state index in [1.165, 1.54) is 38.5 Å². The first kappa shape index (κ1) is 8.55. The van der Waals surface area contributed by atoms with Gasteiger partial charge in [-0.1, -0.05) is 19.8 Å². The quantitative estimate of drug-likeness (QED) is 0.678. The molecule has 0 radical (unpaired) electrons. The van der Waals surface area contributed by atoms with Crippen molar-refractivity contribution in [3.63, 3.8) is 0 Å². The lowest BCUT2D eigenvalue weighted by Crippen LogP contribution is -2.47. The minimum absolute atomic E-state index is 0.887. The topological polar surface area (TPSA) is 12.0 Å². The summed E-state index contributed by atoms with van der Waals surface area (Å²) in [5, 5.41) is 3.69. The Hall–Kier alpha value is -0.0400. The summed E-state index contributed by atoms with van der Waals surface area (Å²) < 4.78 is 0. The Kier molecular flexibility index (Phi) is 2.69. The Morgan fingerprint density at radius 1 is 1.08 bits per heavy atom. The maximum Gasteiger partial charge on any atom is 0.0123 e. The minimum Gasteiger partial charge on any atom is -0.314 e. The summed E-state index contributed by atoms with van der Waals surface area (Å²) in [5.74, 6) is 2.07. The second kappa shape index (κ2) is 3.78. The van der Waals surface area contributed by atoms with Crippen molar-refractivity contribution in [2.24, 2.45) is 11.8 Å². The van der Waals surface area contributed by atoms with Crippen molar-refractivity contribution in [1.82, 2.24) is 5.32 Å². The highest BCUT2D eigenvalue weighted by molar-refractivity contribution is 4.90. The van der Waals surface area contributed by atoms with E-state index in [0.29, 0.717) is 0 Å². The van der Waals surface area contributed by atoms with Gasteiger partial charge in [-0.15, -0.1) is 0 Å². The number of rotatable bonds is 4. The number of hydrogen-bond acceptors (Lipinski definition) is 1. The van der Waals surface area contributed by atoms with E-state index < -0.39 is 0 Å². The van der Waals surface area contributed by atoms with Crippen LogP contribution in [0.25, 0.3) is 0 Å². The number of hydrogen-bond donors (Lipinski definition) is 1. The molecule has 2 rings (SSSR count). The van der Waals surface area contributed by atoms with Gasteiger partial charge in [0.15, 0.2) is 0 Å². The lowest BCUT2D eigenvalue weighted by atomic mass is 9.68. The standard InChI is InChI=1S/C11H21N/c1-2-12-11(9-5-3-6-9)10-7-4-8-10/h9-12H,2-8H2,1H3. The van der Waals surface area contributed by atoms with Crippen LogP contribution in [0.1, 0.15) is 45.4 Å². The van der Waals surface area contributed by atoms with Crippen LogP contribution in [0.5, 0.6) is 0 Å². The van der Waals surface area contributed by atoms with Crippen LogP contribution in [0, 0.1) is 11.8 Å². The first-order valence-electron chi connectivity index (χ1n) is 5.65. The monoisotopic (exact) mass is 167 g/mol. The molecule has 70 valence electrons. The van der Waals surface area contributed by atoms with Gasteiger partial charge in [-0.2, -0.15) is 0 Å². The minimum atomic E-state index is 0.887. The van der Waals surface area contributed by atoms with Gasteiger partial charge >= 0.3 is 0 Å². The second-order valence-electron chi connectivity index (χ2n) is 4.47. The predicted molar refractivity (Wildman–Crippen MR) is 52.1 cm³/mol. The normalized spacial score (nSPS) is 25.5. The zero-order valence-corrected chi connectivity index (χ0v) is 8.18. The van der Waals surface area contributed by atoms with Crippen molar-refractivity contribution in [2.75, 3.05) is 6.54 Å². The average Bonchev–Trinajstić information content (AvgIpc) is 1.79. The SMILES string of the molecule is CCNC(C1CCC1)C1CCC1. The summed E-state index contributed by atoms with van der Waals surface area (Å²) in [4.78, 5) is 0. The lowest BCUT2D eigenvalue weighted by molar-refractivity contribution is 0.125. The van der Waals surface area contributed by atoms with Gasteiger partial charge in [-0.05, 0) is 44.1 Å². The molecule has 2 fully saturated rings. The third-order valence-electron chi connectivity index (χ3n) is 3.76. The third-order valence-corrected chi connectivity index (χ3v) is 3.76. The van der Waals surface area contributed by atoms with Crippen molar-refractivity contribution in [3.05, 3.63) is 0 Å². The molecule has 0 aromatic carbocycles. The molecule has 1 N–H and O–H groups in total. The van der Waals surface area contributed by atoms with Crippen LogP contribution in [0.3, 0.4) is 0 Å². The Labute approximate surface area is 75.9 Å². The maximum absolute atomic E-state index is 3.69. The molecule has 12 heavy (non-hydrogen) atoms. The van der Waals surface area contributed by atoms with Crippen LogP contribution in [-0.4, -0.2) is 12.6 Å². The van der Waals surface area contributed by atoms with Crippen molar-refractivity contribution in [2.45, 2.75) is 51.5 Å². The van der Waals surface area contributed by atoms with Crippen LogP contribution in [0.4, 0.5) is 0 Å². The zero-order valence-electron chi connectivity index (χ0n) is 8.18. The molecule has 0 aromatic heterocycles. The number of nitrogens with one attached hydrogen (secondary N) is 1. The van der Waals surface area contributed by atoms with E-state index in [-0.39, 0.29) is 0 Å². The second-order valence-corrected chi connectivity index (χ2v) is 4.47. The smallest absolute Gasteiger partial charge is 0.0123 e. The molecule has 0 spiro atoms. The van der Waals surface area contributed by atoms with Crippen LogP contribution < -0.4 is 5.32 Å². The lowest BCUT2D eigenvalue weighted by Gasteiger charge is -2.43. The molecule has 0 aromatic rings. The Bertz CT molecular complexity index is 122. The zero-order chi connectivity index (χ0) is 8.39. The molecule has 0 aliphatic heterocycles. The molecule has 0 bridgehead atoms. The fourth-order valence-electron chi connectivity index (χ4n) is 2.55. The highest BCUT2D eigenvalue weighted by Crippen LogP contribution is 2.39. The molecule has 1 nitrogen and oxygen atoms in total. The van der Waals surface area contributed by atoms with Gasteiger partial charge in [0, 0.05) is 6.04 Å². The maximum atomic E-state index is 3.69. The van der Waals surface area contributed by atoms with Gasteiger partial charge in [-0.3, -0.25) is 0 Å². The molecule has 2 aliphatic rings. The van der Waals surface area contributed by atoms with Gasteiger partial charge in [0.05, 0.1) is 0 Å². The largest absolute Gasteiger partial charge is 0.314 e. The van der Waals surface area contributed by atoms with E-state index >= 15 is 0 Å². The van der Waals surface area contributed by atoms with Crippen LogP contribution in [0.2, 0.25) is 0 Å². The fraction of sp³-hybridized carbons (Fsp3) is 1.00. The summed E-state index contributed by atoms with van der Waals surface area (Å²) in [6, 6.07) is 0.887. The molecule has 1 heteroatoms. The van der Waals surface area contributed by atoms with Crippen molar-refractivity contribution in [3.8, 4) is 0 Å². The van der Waals surface area contributed by atoms with Gasteiger partial charge in [0.25, 0.3) is 0 Å². The highest BCUT2D eigenvalue weighted by Gasteiger charge is 2.35. The summed E-state index contributed by atoms with van der Waals surface area (Å²) >= 11 is 0. The first-order chi connectivity index (χ1) is 5.92. The molecule has 2 saturated carbocycles. The van der Waals surface area contributed by atoms with Crippen LogP contribution >= 0.6 is 0 Å². The molecular formula is C11H21N.